The highest BCUT2D eigenvalue weighted by molar-refractivity contribution is 5.82. The van der Waals surface area contributed by atoms with E-state index in [0.717, 1.165) is 6.42 Å². The van der Waals surface area contributed by atoms with Gasteiger partial charge in [0.2, 0.25) is 5.91 Å². The summed E-state index contributed by atoms with van der Waals surface area (Å²) >= 11 is 0. The average Bonchev–Trinajstić information content (AvgIpc) is 2.88. The van der Waals surface area contributed by atoms with E-state index in [0.29, 0.717) is 19.4 Å². The fourth-order valence-corrected chi connectivity index (χ4v) is 2.21. The molecule has 2 N–H and O–H groups in total. The minimum atomic E-state index is -1.00. The summed E-state index contributed by atoms with van der Waals surface area (Å²) in [5.74, 6) is -1.23. The van der Waals surface area contributed by atoms with Crippen LogP contribution in [0.25, 0.3) is 0 Å². The second-order valence-electron chi connectivity index (χ2n) is 4.51. The van der Waals surface area contributed by atoms with Crippen molar-refractivity contribution in [3.8, 4) is 0 Å². The van der Waals surface area contributed by atoms with Gasteiger partial charge in [0.15, 0.2) is 6.10 Å². The molecule has 4 atom stereocenters. The van der Waals surface area contributed by atoms with Crippen LogP contribution in [0.15, 0.2) is 0 Å². The van der Waals surface area contributed by atoms with E-state index in [4.69, 9.17) is 14.6 Å². The molecule has 2 aliphatic heterocycles. The standard InChI is InChI=1S/C11H17NO5/c1-6-7(4-5-16-6)12-10(13)8-2-3-9(17-8)11(14)15/h6-9H,2-5H2,1H3,(H,12,13)(H,14,15). The zero-order valence-corrected chi connectivity index (χ0v) is 9.72. The SMILES string of the molecule is CC1OCCC1NC(=O)C1CCC(C(=O)O)O1. The van der Waals surface area contributed by atoms with Crippen molar-refractivity contribution in [1.82, 2.24) is 5.32 Å². The topological polar surface area (TPSA) is 84.9 Å². The highest BCUT2D eigenvalue weighted by Crippen LogP contribution is 2.21. The predicted octanol–water partition coefficient (Wildman–Crippen LogP) is -0.0878. The molecule has 0 spiro atoms. The maximum Gasteiger partial charge on any atom is 0.332 e. The largest absolute Gasteiger partial charge is 0.479 e. The first-order valence-electron chi connectivity index (χ1n) is 5.88. The van der Waals surface area contributed by atoms with E-state index in [1.807, 2.05) is 6.92 Å². The molecule has 2 heterocycles. The lowest BCUT2D eigenvalue weighted by Gasteiger charge is -2.18. The van der Waals surface area contributed by atoms with Crippen molar-refractivity contribution in [2.24, 2.45) is 0 Å². The highest BCUT2D eigenvalue weighted by atomic mass is 16.5. The van der Waals surface area contributed by atoms with Gasteiger partial charge in [-0.15, -0.1) is 0 Å². The summed E-state index contributed by atoms with van der Waals surface area (Å²) in [6.07, 6.45) is 0.180. The Bertz CT molecular complexity index is 319. The summed E-state index contributed by atoms with van der Waals surface area (Å²) in [7, 11) is 0. The molecule has 2 aliphatic rings. The van der Waals surface area contributed by atoms with Crippen molar-refractivity contribution < 1.29 is 24.2 Å². The summed E-state index contributed by atoms with van der Waals surface area (Å²) in [4.78, 5) is 22.5. The van der Waals surface area contributed by atoms with Crippen LogP contribution < -0.4 is 5.32 Å². The van der Waals surface area contributed by atoms with Crippen LogP contribution in [-0.4, -0.2) is 47.9 Å². The molecular formula is C11H17NO5. The number of amides is 1. The van der Waals surface area contributed by atoms with Crippen LogP contribution in [0.2, 0.25) is 0 Å². The van der Waals surface area contributed by atoms with Gasteiger partial charge in [-0.2, -0.15) is 0 Å². The highest BCUT2D eigenvalue weighted by Gasteiger charge is 2.36. The minimum Gasteiger partial charge on any atom is -0.479 e. The molecule has 0 aromatic rings. The number of carbonyl (C=O) groups excluding carboxylic acids is 1. The third-order valence-electron chi connectivity index (χ3n) is 3.29. The van der Waals surface area contributed by atoms with Gasteiger partial charge in [0, 0.05) is 6.61 Å². The Balaban J connectivity index is 1.83. The fourth-order valence-electron chi connectivity index (χ4n) is 2.21. The van der Waals surface area contributed by atoms with Gasteiger partial charge in [-0.05, 0) is 26.2 Å². The van der Waals surface area contributed by atoms with Crippen molar-refractivity contribution >= 4 is 11.9 Å². The molecule has 6 heteroatoms. The molecule has 4 unspecified atom stereocenters. The van der Waals surface area contributed by atoms with Gasteiger partial charge in [-0.1, -0.05) is 0 Å². The van der Waals surface area contributed by atoms with E-state index in [1.165, 1.54) is 0 Å². The van der Waals surface area contributed by atoms with Gasteiger partial charge >= 0.3 is 5.97 Å². The Kier molecular flexibility index (Phi) is 3.63. The number of carboxylic acid groups (broad SMARTS) is 1. The number of rotatable bonds is 3. The average molecular weight is 243 g/mol. The molecule has 96 valence electrons. The Morgan fingerprint density at radius 3 is 2.47 bits per heavy atom. The molecule has 2 saturated heterocycles. The Hall–Kier alpha value is -1.14. The van der Waals surface area contributed by atoms with Crippen molar-refractivity contribution in [3.05, 3.63) is 0 Å². The smallest absolute Gasteiger partial charge is 0.332 e. The Morgan fingerprint density at radius 2 is 1.94 bits per heavy atom. The molecule has 0 bridgehead atoms. The van der Waals surface area contributed by atoms with Crippen molar-refractivity contribution in [1.29, 1.82) is 0 Å². The molecule has 0 aromatic carbocycles. The molecule has 6 nitrogen and oxygen atoms in total. The van der Waals surface area contributed by atoms with Gasteiger partial charge in [0.05, 0.1) is 12.1 Å². The number of carboxylic acids is 1. The quantitative estimate of drug-likeness (QED) is 0.723. The normalized spacial score (nSPS) is 37.0. The molecular weight excluding hydrogens is 226 g/mol. The van der Waals surface area contributed by atoms with E-state index in [9.17, 15) is 9.59 Å². The minimum absolute atomic E-state index is 0.00924. The molecule has 0 aliphatic carbocycles. The van der Waals surface area contributed by atoms with Crippen molar-refractivity contribution in [2.75, 3.05) is 6.61 Å². The van der Waals surface area contributed by atoms with Crippen LogP contribution in [-0.2, 0) is 19.1 Å². The van der Waals surface area contributed by atoms with Gasteiger partial charge in [0.1, 0.15) is 6.10 Å². The summed E-state index contributed by atoms with van der Waals surface area (Å²) in [5.41, 5.74) is 0. The van der Waals surface area contributed by atoms with E-state index in [1.54, 1.807) is 0 Å². The zero-order valence-electron chi connectivity index (χ0n) is 9.72. The van der Waals surface area contributed by atoms with Crippen LogP contribution in [0.1, 0.15) is 26.2 Å². The molecule has 17 heavy (non-hydrogen) atoms. The van der Waals surface area contributed by atoms with Gasteiger partial charge < -0.3 is 19.9 Å². The van der Waals surface area contributed by atoms with Gasteiger partial charge in [0.25, 0.3) is 0 Å². The maximum atomic E-state index is 11.8. The maximum absolute atomic E-state index is 11.8. The molecule has 0 aromatic heterocycles. The zero-order chi connectivity index (χ0) is 12.4. The summed E-state index contributed by atoms with van der Waals surface area (Å²) < 4.78 is 10.5. The number of hydrogen-bond acceptors (Lipinski definition) is 4. The monoisotopic (exact) mass is 243 g/mol. The van der Waals surface area contributed by atoms with Gasteiger partial charge in [-0.3, -0.25) is 4.79 Å². The van der Waals surface area contributed by atoms with Crippen LogP contribution in [0.5, 0.6) is 0 Å². The van der Waals surface area contributed by atoms with Crippen LogP contribution in [0.3, 0.4) is 0 Å². The summed E-state index contributed by atoms with van der Waals surface area (Å²) in [6.45, 7) is 2.56. The number of aliphatic carboxylic acids is 1. The van der Waals surface area contributed by atoms with E-state index < -0.39 is 18.2 Å². The summed E-state index contributed by atoms with van der Waals surface area (Å²) in [6, 6.07) is 0.00924. The fraction of sp³-hybridized carbons (Fsp3) is 0.818. The number of nitrogens with one attached hydrogen (secondary N) is 1. The van der Waals surface area contributed by atoms with E-state index in [2.05, 4.69) is 5.32 Å². The third kappa shape index (κ3) is 2.76. The van der Waals surface area contributed by atoms with Crippen molar-refractivity contribution in [3.63, 3.8) is 0 Å². The first-order valence-corrected chi connectivity index (χ1v) is 5.88. The van der Waals surface area contributed by atoms with Crippen LogP contribution >= 0.6 is 0 Å². The first-order chi connectivity index (χ1) is 8.08. The predicted molar refractivity (Wildman–Crippen MR) is 57.5 cm³/mol. The lowest BCUT2D eigenvalue weighted by atomic mass is 10.1. The number of hydrogen-bond donors (Lipinski definition) is 2. The lowest BCUT2D eigenvalue weighted by molar-refractivity contribution is -0.152. The number of carbonyl (C=O) groups is 2. The molecule has 2 rings (SSSR count). The molecule has 0 radical (unpaired) electrons. The Labute approximate surface area is 99.3 Å². The first kappa shape index (κ1) is 12.3. The second kappa shape index (κ2) is 5.01. The lowest BCUT2D eigenvalue weighted by Crippen LogP contribution is -2.44. The molecule has 1 amide bonds. The summed E-state index contributed by atoms with van der Waals surface area (Å²) in [5, 5.41) is 11.6. The Morgan fingerprint density at radius 1 is 1.24 bits per heavy atom. The van der Waals surface area contributed by atoms with Crippen LogP contribution in [0.4, 0.5) is 0 Å². The number of ether oxygens (including phenoxy) is 2. The molecule has 2 fully saturated rings. The van der Waals surface area contributed by atoms with Gasteiger partial charge in [-0.25, -0.2) is 4.79 Å². The van der Waals surface area contributed by atoms with Crippen molar-refractivity contribution in [2.45, 2.75) is 50.5 Å². The van der Waals surface area contributed by atoms with E-state index >= 15 is 0 Å². The third-order valence-corrected chi connectivity index (χ3v) is 3.29. The molecule has 0 saturated carbocycles. The second-order valence-corrected chi connectivity index (χ2v) is 4.51. The van der Waals surface area contributed by atoms with Crippen LogP contribution in [0, 0.1) is 0 Å². The van der Waals surface area contributed by atoms with E-state index in [-0.39, 0.29) is 18.1 Å².